The number of piperidine rings is 1. The predicted molar refractivity (Wildman–Crippen MR) is 119 cm³/mol. The molecule has 0 amide bonds. The molecular weight excluding hydrogens is 458 g/mol. The normalized spacial score (nSPS) is 31.9. The molecule has 4 aliphatic rings. The lowest BCUT2D eigenvalue weighted by Gasteiger charge is -2.61. The number of phenolic OH excluding ortho intramolecular Hbond substituents is 1. The van der Waals surface area contributed by atoms with E-state index in [4.69, 9.17) is 18.9 Å². The molecule has 0 unspecified atom stereocenters. The van der Waals surface area contributed by atoms with Crippen LogP contribution in [0.5, 0.6) is 11.5 Å². The van der Waals surface area contributed by atoms with E-state index >= 15 is 0 Å². The Balaban J connectivity index is 1.43. The summed E-state index contributed by atoms with van der Waals surface area (Å²) in [5.41, 5.74) is -0.286. The van der Waals surface area contributed by atoms with Crippen molar-refractivity contribution in [2.75, 3.05) is 13.6 Å². The second-order valence-electron chi connectivity index (χ2n) is 9.85. The highest BCUT2D eigenvalue weighted by Crippen LogP contribution is 2.65. The highest BCUT2D eigenvalue weighted by atomic mass is 16.6. The van der Waals surface area contributed by atoms with Crippen LogP contribution in [0, 0.1) is 0 Å². The average molecular weight is 488 g/mol. The number of ether oxygens (including phenoxy) is 4. The van der Waals surface area contributed by atoms with Gasteiger partial charge in [-0.3, -0.25) is 4.79 Å². The lowest BCUT2D eigenvalue weighted by Crippen LogP contribution is -2.74. The fourth-order valence-electron chi connectivity index (χ4n) is 6.25. The fourth-order valence-corrected chi connectivity index (χ4v) is 6.25. The van der Waals surface area contributed by atoms with E-state index < -0.39 is 47.2 Å². The number of aromatic hydroxyl groups is 1. The second-order valence-corrected chi connectivity index (χ2v) is 9.85. The zero-order valence-electron chi connectivity index (χ0n) is 20.1. The van der Waals surface area contributed by atoms with Crippen molar-refractivity contribution in [3.63, 3.8) is 0 Å². The van der Waals surface area contributed by atoms with E-state index in [0.29, 0.717) is 25.1 Å². The van der Waals surface area contributed by atoms with Gasteiger partial charge >= 0.3 is 17.9 Å². The number of aliphatic hydroxyl groups is 1. The largest absolute Gasteiger partial charge is 0.504 e. The van der Waals surface area contributed by atoms with Gasteiger partial charge in [-0.15, -0.1) is 0 Å². The summed E-state index contributed by atoms with van der Waals surface area (Å²) in [6.45, 7) is 4.57. The minimum Gasteiger partial charge on any atom is -0.504 e. The summed E-state index contributed by atoms with van der Waals surface area (Å²) < 4.78 is 21.8. The summed E-state index contributed by atoms with van der Waals surface area (Å²) in [7, 11) is 1.98. The first-order chi connectivity index (χ1) is 16.5. The third kappa shape index (κ3) is 3.26. The van der Waals surface area contributed by atoms with E-state index in [2.05, 4.69) is 4.90 Å². The maximum atomic E-state index is 12.9. The minimum absolute atomic E-state index is 0.0281. The average Bonchev–Trinajstić information content (AvgIpc) is 3.15. The molecule has 0 saturated carbocycles. The molecule has 35 heavy (non-hydrogen) atoms. The molecule has 188 valence electrons. The first-order valence-corrected chi connectivity index (χ1v) is 11.7. The summed E-state index contributed by atoms with van der Waals surface area (Å²) in [4.78, 5) is 38.2. The van der Waals surface area contributed by atoms with Gasteiger partial charge in [0.05, 0.1) is 11.0 Å². The molecule has 1 aromatic rings. The van der Waals surface area contributed by atoms with Crippen LogP contribution in [-0.2, 0) is 40.4 Å². The van der Waals surface area contributed by atoms with Crippen LogP contribution in [0.1, 0.15) is 44.7 Å². The maximum Gasteiger partial charge on any atom is 0.352 e. The van der Waals surface area contributed by atoms with Gasteiger partial charge in [-0.05, 0) is 58.0 Å². The number of likely N-dealkylation sites (tertiary alicyclic amines) is 1. The van der Waals surface area contributed by atoms with Crippen LogP contribution in [0.3, 0.4) is 0 Å². The van der Waals surface area contributed by atoms with Crippen molar-refractivity contribution in [3.05, 3.63) is 35.1 Å². The Morgan fingerprint density at radius 3 is 2.60 bits per heavy atom. The molecule has 2 N–H and O–H groups in total. The molecule has 5 rings (SSSR count). The van der Waals surface area contributed by atoms with Crippen molar-refractivity contribution in [2.45, 2.75) is 75.4 Å². The molecule has 10 heteroatoms. The third-order valence-corrected chi connectivity index (χ3v) is 7.87. The van der Waals surface area contributed by atoms with Crippen LogP contribution in [0.15, 0.2) is 24.0 Å². The molecule has 1 fully saturated rings. The van der Waals surface area contributed by atoms with E-state index in [9.17, 15) is 24.6 Å². The lowest BCUT2D eigenvalue weighted by molar-refractivity contribution is -0.179. The molecule has 10 nitrogen and oxygen atoms in total. The smallest absolute Gasteiger partial charge is 0.352 e. The van der Waals surface area contributed by atoms with Gasteiger partial charge in [0.15, 0.2) is 29.8 Å². The van der Waals surface area contributed by atoms with Gasteiger partial charge in [-0.2, -0.15) is 0 Å². The first-order valence-electron chi connectivity index (χ1n) is 11.7. The first kappa shape index (κ1) is 23.6. The van der Waals surface area contributed by atoms with Gasteiger partial charge in [0.1, 0.15) is 5.76 Å². The SMILES string of the molecule is CC(=O)O[C@@H](C)C(=O)O[C@@H](C)C(=O)OC1=CC[C@]2(O)[C@@H]3Cc4ccc(O)c5c4[C@]2(CCN3C)[C@@H]1O5. The van der Waals surface area contributed by atoms with Crippen LogP contribution in [-0.4, -0.2) is 76.6 Å². The highest BCUT2D eigenvalue weighted by molar-refractivity contribution is 5.83. The Hall–Kier alpha value is -3.11. The fraction of sp³-hybridized carbons (Fsp3) is 0.560. The number of carbonyl (C=O) groups excluding carboxylic acids is 3. The van der Waals surface area contributed by atoms with Crippen molar-refractivity contribution >= 4 is 17.9 Å². The molecular formula is C25H29NO9. The van der Waals surface area contributed by atoms with Crippen LogP contribution in [0.2, 0.25) is 0 Å². The summed E-state index contributed by atoms with van der Waals surface area (Å²) in [6, 6.07) is 3.29. The van der Waals surface area contributed by atoms with Crippen LogP contribution >= 0.6 is 0 Å². The molecule has 0 radical (unpaired) electrons. The molecule has 1 spiro atoms. The molecule has 6 atom stereocenters. The molecule has 2 aliphatic carbocycles. The summed E-state index contributed by atoms with van der Waals surface area (Å²) >= 11 is 0. The van der Waals surface area contributed by atoms with Gasteiger partial charge in [-0.1, -0.05) is 6.07 Å². The van der Waals surface area contributed by atoms with Crippen molar-refractivity contribution in [2.24, 2.45) is 0 Å². The van der Waals surface area contributed by atoms with Crippen molar-refractivity contribution in [1.82, 2.24) is 4.90 Å². The van der Waals surface area contributed by atoms with Crippen LogP contribution < -0.4 is 4.74 Å². The molecule has 2 heterocycles. The van der Waals surface area contributed by atoms with Gasteiger partial charge in [0.25, 0.3) is 0 Å². The summed E-state index contributed by atoms with van der Waals surface area (Å²) in [6.07, 6.45) is -0.227. The third-order valence-electron chi connectivity index (χ3n) is 7.87. The number of rotatable bonds is 5. The van der Waals surface area contributed by atoms with Crippen molar-refractivity contribution in [1.29, 1.82) is 0 Å². The van der Waals surface area contributed by atoms with Crippen LogP contribution in [0.4, 0.5) is 0 Å². The molecule has 1 saturated heterocycles. The van der Waals surface area contributed by atoms with E-state index in [1.54, 1.807) is 12.1 Å². The quantitative estimate of drug-likeness (QED) is 0.460. The van der Waals surface area contributed by atoms with Crippen LogP contribution in [0.25, 0.3) is 0 Å². The molecule has 2 bridgehead atoms. The Kier molecular flexibility index (Phi) is 5.37. The van der Waals surface area contributed by atoms with Gasteiger partial charge in [0, 0.05) is 24.9 Å². The molecule has 0 aromatic heterocycles. The lowest BCUT2D eigenvalue weighted by atomic mass is 9.50. The monoisotopic (exact) mass is 487 g/mol. The standard InChI is InChI=1S/C25H29NO9/c1-12(32-14(3)27)22(29)33-13(2)23(30)34-17-7-8-25(31)18-11-15-5-6-16(28)20-19(15)24(25,21(17)35-20)9-10-26(18)4/h5-7,12-13,18,21,28,31H,8-11H2,1-4H3/t12-,13-,18-,21+,24+,25-/m0/s1. The van der Waals surface area contributed by atoms with E-state index in [1.807, 2.05) is 13.1 Å². The maximum absolute atomic E-state index is 12.9. The highest BCUT2D eigenvalue weighted by Gasteiger charge is 2.72. The number of hydrogen-bond donors (Lipinski definition) is 2. The molecule has 2 aliphatic heterocycles. The number of phenols is 1. The number of likely N-dealkylation sites (N-methyl/N-ethyl adjacent to an activating group) is 1. The zero-order chi connectivity index (χ0) is 25.3. The summed E-state index contributed by atoms with van der Waals surface area (Å²) in [5, 5.41) is 22.7. The number of nitrogens with zero attached hydrogens (tertiary/aromatic N) is 1. The number of hydrogen-bond acceptors (Lipinski definition) is 10. The topological polar surface area (TPSA) is 132 Å². The van der Waals surface area contributed by atoms with Crippen molar-refractivity contribution < 1.29 is 43.5 Å². The second kappa shape index (κ2) is 7.96. The van der Waals surface area contributed by atoms with E-state index in [-0.39, 0.29) is 24.0 Å². The van der Waals surface area contributed by atoms with E-state index in [1.165, 1.54) is 20.8 Å². The number of esters is 3. The molecule has 1 aromatic carbocycles. The number of benzene rings is 1. The van der Waals surface area contributed by atoms with Gasteiger partial charge < -0.3 is 34.1 Å². The Bertz CT molecular complexity index is 1150. The van der Waals surface area contributed by atoms with E-state index in [0.717, 1.165) is 11.1 Å². The number of carbonyl (C=O) groups is 3. The van der Waals surface area contributed by atoms with Crippen molar-refractivity contribution in [3.8, 4) is 11.5 Å². The Morgan fingerprint density at radius 2 is 1.89 bits per heavy atom. The predicted octanol–water partition coefficient (Wildman–Crippen LogP) is 1.10. The summed E-state index contributed by atoms with van der Waals surface area (Å²) in [5.74, 6) is -1.85. The Labute approximate surface area is 202 Å². The van der Waals surface area contributed by atoms with Gasteiger partial charge in [-0.25, -0.2) is 9.59 Å². The van der Waals surface area contributed by atoms with Gasteiger partial charge in [0.2, 0.25) is 0 Å². The zero-order valence-corrected chi connectivity index (χ0v) is 20.1. The Morgan fingerprint density at radius 1 is 1.17 bits per heavy atom. The minimum atomic E-state index is -1.27.